The van der Waals surface area contributed by atoms with E-state index < -0.39 is 10.0 Å². The average Bonchev–Trinajstić information content (AvgIpc) is 3.13. The smallest absolute Gasteiger partial charge is 0.320 e. The molecule has 0 radical (unpaired) electrons. The van der Waals surface area contributed by atoms with Gasteiger partial charge < -0.3 is 14.5 Å². The van der Waals surface area contributed by atoms with Gasteiger partial charge in [-0.15, -0.1) is 0 Å². The first-order chi connectivity index (χ1) is 15.3. The van der Waals surface area contributed by atoms with Gasteiger partial charge in [0.15, 0.2) is 0 Å². The van der Waals surface area contributed by atoms with E-state index in [1.807, 2.05) is 34.9 Å². The Morgan fingerprint density at radius 2 is 1.81 bits per heavy atom. The molecule has 4 rings (SSSR count). The number of amides is 2. The number of carbonyl (C=O) groups is 1. The maximum absolute atomic E-state index is 13.1. The zero-order chi connectivity index (χ0) is 22.9. The molecule has 2 saturated heterocycles. The minimum atomic E-state index is -3.65. The molecular weight excluding hydrogens is 450 g/mol. The number of benzene rings is 2. The van der Waals surface area contributed by atoms with E-state index >= 15 is 0 Å². The lowest BCUT2D eigenvalue weighted by Crippen LogP contribution is -2.47. The summed E-state index contributed by atoms with van der Waals surface area (Å²) in [7, 11) is -2.16. The molecule has 0 saturated carbocycles. The van der Waals surface area contributed by atoms with Crippen molar-refractivity contribution in [3.63, 3.8) is 0 Å². The fourth-order valence-corrected chi connectivity index (χ4v) is 6.29. The van der Waals surface area contributed by atoms with Crippen molar-refractivity contribution in [2.24, 2.45) is 0 Å². The zero-order valence-electron chi connectivity index (χ0n) is 18.3. The highest BCUT2D eigenvalue weighted by atomic mass is 35.5. The second-order valence-electron chi connectivity index (χ2n) is 8.32. The highest BCUT2D eigenvalue weighted by Gasteiger charge is 2.37. The van der Waals surface area contributed by atoms with Crippen molar-refractivity contribution in [3.8, 4) is 5.75 Å². The topological polar surface area (TPSA) is 70.2 Å². The molecule has 32 heavy (non-hydrogen) atoms. The number of hydrogen-bond donors (Lipinski definition) is 0. The van der Waals surface area contributed by atoms with Crippen LogP contribution in [0.4, 0.5) is 4.79 Å². The van der Waals surface area contributed by atoms with Gasteiger partial charge in [0.1, 0.15) is 5.75 Å². The fourth-order valence-electron chi connectivity index (χ4n) is 4.47. The second kappa shape index (κ2) is 9.29. The van der Waals surface area contributed by atoms with E-state index in [1.54, 1.807) is 6.07 Å². The number of methoxy groups -OCH3 is 1. The number of halogens is 1. The second-order valence-corrected chi connectivity index (χ2v) is 10.7. The van der Waals surface area contributed by atoms with Crippen LogP contribution >= 0.6 is 11.6 Å². The molecular formula is C23H28ClN3O4S. The molecule has 2 fully saturated rings. The zero-order valence-corrected chi connectivity index (χ0v) is 19.9. The normalized spacial score (nSPS) is 18.4. The Balaban J connectivity index is 1.37. The third-order valence-corrected chi connectivity index (χ3v) is 8.40. The molecule has 0 N–H and O–H groups in total. The maximum atomic E-state index is 13.1. The maximum Gasteiger partial charge on any atom is 0.320 e. The Morgan fingerprint density at radius 1 is 1.06 bits per heavy atom. The number of carbonyl (C=O) groups excluding carboxylic acids is 1. The van der Waals surface area contributed by atoms with Crippen LogP contribution < -0.4 is 4.74 Å². The van der Waals surface area contributed by atoms with Crippen LogP contribution in [0.1, 0.15) is 24.0 Å². The quantitative estimate of drug-likeness (QED) is 0.635. The van der Waals surface area contributed by atoms with E-state index in [4.69, 9.17) is 16.3 Å². The summed E-state index contributed by atoms with van der Waals surface area (Å²) in [5.74, 6) is 0.437. The summed E-state index contributed by atoms with van der Waals surface area (Å²) >= 11 is 6.12. The van der Waals surface area contributed by atoms with Gasteiger partial charge in [-0.05, 0) is 43.5 Å². The molecule has 2 heterocycles. The fraction of sp³-hybridized carbons (Fsp3) is 0.435. The predicted molar refractivity (Wildman–Crippen MR) is 123 cm³/mol. The summed E-state index contributed by atoms with van der Waals surface area (Å²) in [6.45, 7) is 4.76. The van der Waals surface area contributed by atoms with E-state index in [0.717, 1.165) is 5.56 Å². The van der Waals surface area contributed by atoms with Crippen molar-refractivity contribution in [1.82, 2.24) is 14.1 Å². The number of hydrogen-bond acceptors (Lipinski definition) is 4. The van der Waals surface area contributed by atoms with Gasteiger partial charge in [0.05, 0.1) is 17.0 Å². The molecule has 2 aliphatic rings. The first-order valence-electron chi connectivity index (χ1n) is 10.7. The van der Waals surface area contributed by atoms with E-state index in [0.29, 0.717) is 51.3 Å². The molecule has 9 heteroatoms. The van der Waals surface area contributed by atoms with Crippen LogP contribution in [0.15, 0.2) is 47.4 Å². The molecule has 2 aromatic rings. The van der Waals surface area contributed by atoms with Gasteiger partial charge in [-0.1, -0.05) is 41.4 Å². The largest absolute Gasteiger partial charge is 0.495 e. The molecule has 0 spiro atoms. The minimum Gasteiger partial charge on any atom is -0.495 e. The summed E-state index contributed by atoms with van der Waals surface area (Å²) in [5, 5.41) is 0.264. The van der Waals surface area contributed by atoms with Crippen LogP contribution in [0.5, 0.6) is 5.75 Å². The summed E-state index contributed by atoms with van der Waals surface area (Å²) in [6, 6.07) is 12.8. The molecule has 0 aliphatic carbocycles. The minimum absolute atomic E-state index is 0.0368. The van der Waals surface area contributed by atoms with Gasteiger partial charge >= 0.3 is 6.03 Å². The first-order valence-corrected chi connectivity index (χ1v) is 12.6. The molecule has 0 aromatic heterocycles. The number of rotatable bonds is 6. The van der Waals surface area contributed by atoms with Crippen LogP contribution in [-0.2, 0) is 16.6 Å². The van der Waals surface area contributed by atoms with Crippen LogP contribution in [0.2, 0.25) is 5.02 Å². The lowest BCUT2D eigenvalue weighted by atomic mass is 10.1. The van der Waals surface area contributed by atoms with Crippen LogP contribution in [0.25, 0.3) is 0 Å². The van der Waals surface area contributed by atoms with Gasteiger partial charge in [-0.2, -0.15) is 4.31 Å². The monoisotopic (exact) mass is 477 g/mol. The molecule has 0 unspecified atom stereocenters. The lowest BCUT2D eigenvalue weighted by Gasteiger charge is -2.36. The summed E-state index contributed by atoms with van der Waals surface area (Å²) in [5.41, 5.74) is 2.30. The highest BCUT2D eigenvalue weighted by Crippen LogP contribution is 2.30. The predicted octanol–water partition coefficient (Wildman–Crippen LogP) is 3.75. The molecule has 172 valence electrons. The van der Waals surface area contributed by atoms with Gasteiger partial charge in [0.25, 0.3) is 0 Å². The van der Waals surface area contributed by atoms with Gasteiger partial charge in [-0.3, -0.25) is 0 Å². The van der Waals surface area contributed by atoms with Crippen molar-refractivity contribution in [3.05, 3.63) is 58.6 Å². The SMILES string of the molecule is COc1ccc(S(=O)(=O)N2CCC(N3CCN(Cc4cccc(C)c4)C3=O)CC2)cc1Cl. The molecule has 2 aliphatic heterocycles. The van der Waals surface area contributed by atoms with E-state index in [2.05, 4.69) is 6.07 Å². The third kappa shape index (κ3) is 4.58. The van der Waals surface area contributed by atoms with E-state index in [9.17, 15) is 13.2 Å². The number of ether oxygens (including phenoxy) is 1. The van der Waals surface area contributed by atoms with Crippen molar-refractivity contribution >= 4 is 27.7 Å². The van der Waals surface area contributed by atoms with Gasteiger partial charge in [0, 0.05) is 38.8 Å². The average molecular weight is 478 g/mol. The number of aryl methyl sites for hydroxylation is 1. The van der Waals surface area contributed by atoms with E-state index in [1.165, 1.54) is 29.1 Å². The lowest BCUT2D eigenvalue weighted by molar-refractivity contribution is 0.153. The van der Waals surface area contributed by atoms with Crippen molar-refractivity contribution in [2.45, 2.75) is 37.2 Å². The number of nitrogens with zero attached hydrogens (tertiary/aromatic N) is 3. The number of piperidine rings is 1. The first kappa shape index (κ1) is 22.9. The summed E-state index contributed by atoms with van der Waals surface area (Å²) < 4.78 is 32.7. The standard InChI is InChI=1S/C23H28ClN3O4S/c1-17-4-3-5-18(14-17)16-25-12-13-27(23(25)28)19-8-10-26(11-9-19)32(29,30)20-6-7-22(31-2)21(24)15-20/h3-7,14-15,19H,8-13,16H2,1-2H3. The van der Waals surface area contributed by atoms with Crippen LogP contribution in [0, 0.1) is 6.92 Å². The Bertz CT molecular complexity index is 1100. The van der Waals surface area contributed by atoms with Gasteiger partial charge in [-0.25, -0.2) is 13.2 Å². The molecule has 0 bridgehead atoms. The van der Waals surface area contributed by atoms with Crippen molar-refractivity contribution in [1.29, 1.82) is 0 Å². The van der Waals surface area contributed by atoms with E-state index in [-0.39, 0.29) is 22.0 Å². The molecule has 7 nitrogen and oxygen atoms in total. The van der Waals surface area contributed by atoms with Crippen LogP contribution in [0.3, 0.4) is 0 Å². The highest BCUT2D eigenvalue weighted by molar-refractivity contribution is 7.89. The third-order valence-electron chi connectivity index (χ3n) is 6.21. The molecule has 2 amide bonds. The summed E-state index contributed by atoms with van der Waals surface area (Å²) in [4.78, 5) is 16.9. The molecule has 0 atom stereocenters. The summed E-state index contributed by atoms with van der Waals surface area (Å²) in [6.07, 6.45) is 1.24. The van der Waals surface area contributed by atoms with Crippen molar-refractivity contribution in [2.75, 3.05) is 33.3 Å². The Morgan fingerprint density at radius 3 is 2.47 bits per heavy atom. The Labute approximate surface area is 194 Å². The number of sulfonamides is 1. The van der Waals surface area contributed by atoms with Crippen LogP contribution in [-0.4, -0.2) is 67.9 Å². The Kier molecular flexibility index (Phi) is 6.65. The van der Waals surface area contributed by atoms with Crippen molar-refractivity contribution < 1.29 is 17.9 Å². The van der Waals surface area contributed by atoms with Gasteiger partial charge in [0.2, 0.25) is 10.0 Å². The Hall–Kier alpha value is -2.29. The number of urea groups is 1. The molecule has 2 aromatic carbocycles.